The molecule has 0 atom stereocenters. The van der Waals surface area contributed by atoms with E-state index in [2.05, 4.69) is 19.7 Å². The van der Waals surface area contributed by atoms with Gasteiger partial charge in [-0.25, -0.2) is 0 Å². The maximum atomic E-state index is 11.8. The Morgan fingerprint density at radius 3 is 2.31 bits per heavy atom. The Morgan fingerprint density at radius 1 is 1.19 bits per heavy atom. The number of Topliss-reactive ketones (excluding diaryl/α,β-unsaturated/α-hetero) is 1. The van der Waals surface area contributed by atoms with Gasteiger partial charge in [-0.05, 0) is 12.5 Å². The van der Waals surface area contributed by atoms with Crippen molar-refractivity contribution >= 4 is 5.78 Å². The van der Waals surface area contributed by atoms with E-state index in [1.54, 1.807) is 42.5 Å². The van der Waals surface area contributed by atoms with Crippen LogP contribution in [0, 0.1) is 0 Å². The maximum Gasteiger partial charge on any atom is 0.166 e. The third-order valence-corrected chi connectivity index (χ3v) is 2.00. The number of allylic oxidation sites excluding steroid dienone is 9. The first-order valence-electron chi connectivity index (χ1n) is 5.12. The van der Waals surface area contributed by atoms with Crippen molar-refractivity contribution in [3.8, 4) is 0 Å². The third kappa shape index (κ3) is 5.11. The Morgan fingerprint density at radius 2 is 1.88 bits per heavy atom. The summed E-state index contributed by atoms with van der Waals surface area (Å²) in [6.07, 6.45) is 12.4. The van der Waals surface area contributed by atoms with Crippen molar-refractivity contribution in [1.29, 1.82) is 0 Å². The van der Waals surface area contributed by atoms with Crippen molar-refractivity contribution in [3.63, 3.8) is 0 Å². The molecule has 0 bridgehead atoms. The smallest absolute Gasteiger partial charge is 0.166 e. The van der Waals surface area contributed by atoms with Crippen LogP contribution in [-0.4, -0.2) is 5.78 Å². The van der Waals surface area contributed by atoms with Crippen LogP contribution in [0.5, 0.6) is 0 Å². The molecule has 0 fully saturated rings. The highest BCUT2D eigenvalue weighted by Crippen LogP contribution is 2.10. The van der Waals surface area contributed by atoms with Crippen LogP contribution in [-0.2, 0) is 4.79 Å². The number of hydrogen-bond acceptors (Lipinski definition) is 1. The van der Waals surface area contributed by atoms with Gasteiger partial charge in [0.15, 0.2) is 5.78 Å². The van der Waals surface area contributed by atoms with Crippen LogP contribution in [0.1, 0.15) is 13.3 Å². The van der Waals surface area contributed by atoms with Gasteiger partial charge in [-0.2, -0.15) is 0 Å². The Hall–Kier alpha value is -1.89. The number of hydrogen-bond donors (Lipinski definition) is 0. The molecule has 0 aliphatic rings. The van der Waals surface area contributed by atoms with Crippen molar-refractivity contribution < 1.29 is 4.79 Å². The fraction of sp³-hybridized carbons (Fsp3) is 0.133. The van der Waals surface area contributed by atoms with E-state index < -0.39 is 0 Å². The number of carbonyl (C=O) groups is 1. The van der Waals surface area contributed by atoms with Crippen molar-refractivity contribution in [3.05, 3.63) is 73.4 Å². The Bertz CT molecular complexity index is 365. The molecule has 0 spiro atoms. The molecule has 0 heterocycles. The van der Waals surface area contributed by atoms with E-state index in [0.29, 0.717) is 12.0 Å². The highest BCUT2D eigenvalue weighted by molar-refractivity contribution is 5.99. The average molecular weight is 214 g/mol. The minimum Gasteiger partial charge on any atom is -0.294 e. The van der Waals surface area contributed by atoms with Crippen molar-refractivity contribution in [2.75, 3.05) is 0 Å². The fourth-order valence-corrected chi connectivity index (χ4v) is 1.16. The predicted molar refractivity (Wildman–Crippen MR) is 71.2 cm³/mol. The van der Waals surface area contributed by atoms with Gasteiger partial charge in [0.05, 0.1) is 0 Å². The lowest BCUT2D eigenvalue weighted by Crippen LogP contribution is -2.01. The van der Waals surface area contributed by atoms with E-state index in [9.17, 15) is 4.79 Å². The van der Waals surface area contributed by atoms with Gasteiger partial charge in [-0.3, -0.25) is 4.79 Å². The van der Waals surface area contributed by atoms with Crippen molar-refractivity contribution in [2.45, 2.75) is 13.3 Å². The average Bonchev–Trinajstić information content (AvgIpc) is 2.29. The molecule has 1 heteroatoms. The van der Waals surface area contributed by atoms with E-state index >= 15 is 0 Å². The molecular weight excluding hydrogens is 196 g/mol. The summed E-state index contributed by atoms with van der Waals surface area (Å²) in [4.78, 5) is 11.8. The van der Waals surface area contributed by atoms with E-state index in [0.717, 1.165) is 5.57 Å². The van der Waals surface area contributed by atoms with Crippen LogP contribution in [0.25, 0.3) is 0 Å². The zero-order chi connectivity index (χ0) is 12.4. The summed E-state index contributed by atoms with van der Waals surface area (Å²) < 4.78 is 0. The Kier molecular flexibility index (Phi) is 7.43. The zero-order valence-electron chi connectivity index (χ0n) is 9.78. The lowest BCUT2D eigenvalue weighted by molar-refractivity contribution is -0.114. The molecule has 0 aliphatic carbocycles. The second kappa shape index (κ2) is 8.42. The van der Waals surface area contributed by atoms with Crippen LogP contribution in [0.15, 0.2) is 73.4 Å². The zero-order valence-corrected chi connectivity index (χ0v) is 9.78. The van der Waals surface area contributed by atoms with Crippen LogP contribution in [0.4, 0.5) is 0 Å². The fourth-order valence-electron chi connectivity index (χ4n) is 1.16. The van der Waals surface area contributed by atoms with Gasteiger partial charge >= 0.3 is 0 Å². The monoisotopic (exact) mass is 214 g/mol. The van der Waals surface area contributed by atoms with Gasteiger partial charge in [0.25, 0.3) is 0 Å². The third-order valence-electron chi connectivity index (χ3n) is 2.00. The first-order valence-corrected chi connectivity index (χ1v) is 5.12. The first kappa shape index (κ1) is 14.1. The molecule has 0 aromatic rings. The molecule has 0 unspecified atom stereocenters. The summed E-state index contributed by atoms with van der Waals surface area (Å²) in [5.74, 6) is 0.0635. The van der Waals surface area contributed by atoms with Crippen LogP contribution in [0.3, 0.4) is 0 Å². The SMILES string of the molecule is C=C/C=C\C(=C/C)C(=O)C/C(C=C)=C/C=C. The lowest BCUT2D eigenvalue weighted by atomic mass is 10.0. The molecule has 0 saturated carbocycles. The summed E-state index contributed by atoms with van der Waals surface area (Å²) in [6.45, 7) is 12.7. The second-order valence-electron chi connectivity index (χ2n) is 3.12. The number of ketones is 1. The van der Waals surface area contributed by atoms with E-state index in [1.807, 2.05) is 6.92 Å². The lowest BCUT2D eigenvalue weighted by Gasteiger charge is -2.01. The summed E-state index contributed by atoms with van der Waals surface area (Å²) >= 11 is 0. The van der Waals surface area contributed by atoms with Gasteiger partial charge in [-0.15, -0.1) is 0 Å². The topological polar surface area (TPSA) is 17.1 Å². The summed E-state index contributed by atoms with van der Waals surface area (Å²) in [7, 11) is 0. The van der Waals surface area contributed by atoms with Crippen molar-refractivity contribution in [1.82, 2.24) is 0 Å². The molecule has 0 aliphatic heterocycles. The summed E-state index contributed by atoms with van der Waals surface area (Å²) in [5, 5.41) is 0. The molecule has 16 heavy (non-hydrogen) atoms. The van der Waals surface area contributed by atoms with Gasteiger partial charge in [0.1, 0.15) is 0 Å². The Labute approximate surface area is 97.9 Å². The normalized spacial score (nSPS) is 12.6. The first-order chi connectivity index (χ1) is 7.69. The molecule has 0 aromatic heterocycles. The Balaban J connectivity index is 4.72. The predicted octanol–water partition coefficient (Wildman–Crippen LogP) is 3.93. The molecule has 0 radical (unpaired) electrons. The molecule has 0 rings (SSSR count). The molecular formula is C15H18O. The van der Waals surface area contributed by atoms with E-state index in [4.69, 9.17) is 0 Å². The van der Waals surface area contributed by atoms with E-state index in [-0.39, 0.29) is 5.78 Å². The van der Waals surface area contributed by atoms with Gasteiger partial charge < -0.3 is 0 Å². The number of rotatable bonds is 7. The standard InChI is InChI=1S/C15H18O/c1-5-9-11-14(8-4)15(16)12-13(7-3)10-6-2/h5-11H,1-3,12H2,4H3/b11-9-,13-10+,14-8+. The van der Waals surface area contributed by atoms with Gasteiger partial charge in [0, 0.05) is 12.0 Å². The largest absolute Gasteiger partial charge is 0.294 e. The molecule has 84 valence electrons. The van der Waals surface area contributed by atoms with Crippen LogP contribution >= 0.6 is 0 Å². The van der Waals surface area contributed by atoms with E-state index in [1.165, 1.54) is 0 Å². The highest BCUT2D eigenvalue weighted by Gasteiger charge is 2.06. The van der Waals surface area contributed by atoms with Crippen molar-refractivity contribution in [2.24, 2.45) is 0 Å². The molecule has 0 amide bonds. The van der Waals surface area contributed by atoms with Crippen LogP contribution in [0.2, 0.25) is 0 Å². The van der Waals surface area contributed by atoms with Gasteiger partial charge in [0.2, 0.25) is 0 Å². The number of carbonyl (C=O) groups excluding carboxylic acids is 1. The van der Waals surface area contributed by atoms with Gasteiger partial charge in [-0.1, -0.05) is 62.3 Å². The van der Waals surface area contributed by atoms with Crippen LogP contribution < -0.4 is 0 Å². The molecule has 1 nitrogen and oxygen atoms in total. The molecule has 0 aromatic carbocycles. The second-order valence-corrected chi connectivity index (χ2v) is 3.12. The summed E-state index contributed by atoms with van der Waals surface area (Å²) in [5.41, 5.74) is 1.54. The highest BCUT2D eigenvalue weighted by atomic mass is 16.1. The molecule has 0 saturated heterocycles. The maximum absolute atomic E-state index is 11.8. The summed E-state index contributed by atoms with van der Waals surface area (Å²) in [6, 6.07) is 0. The minimum absolute atomic E-state index is 0.0635. The molecule has 0 N–H and O–H groups in total. The quantitative estimate of drug-likeness (QED) is 0.463. The minimum atomic E-state index is 0.0635.